The molecule has 0 saturated heterocycles. The van der Waals surface area contributed by atoms with Crippen molar-refractivity contribution in [1.82, 2.24) is 0 Å². The first-order valence-corrected chi connectivity index (χ1v) is 23.2. The highest BCUT2D eigenvalue weighted by molar-refractivity contribution is 6.74. The Kier molecular flexibility index (Phi) is 10.7. The van der Waals surface area contributed by atoms with Crippen molar-refractivity contribution in [2.45, 2.75) is 0 Å². The van der Waals surface area contributed by atoms with Crippen LogP contribution >= 0.6 is 0 Å². The van der Waals surface area contributed by atoms with Crippen LogP contribution in [0.3, 0.4) is 0 Å². The van der Waals surface area contributed by atoms with E-state index in [9.17, 15) is 0 Å². The van der Waals surface area contributed by atoms with Crippen molar-refractivity contribution in [1.29, 1.82) is 0 Å². The molecule has 0 saturated carbocycles. The van der Waals surface area contributed by atoms with E-state index < -0.39 is 0 Å². The number of hydrogen-bond donors (Lipinski definition) is 1. The molecule has 0 aliphatic carbocycles. The predicted molar refractivity (Wildman–Crippen MR) is 290 cm³/mol. The van der Waals surface area contributed by atoms with Gasteiger partial charge in [-0.25, -0.2) is 0 Å². The van der Waals surface area contributed by atoms with Crippen LogP contribution in [0.4, 0.5) is 45.5 Å². The molecule has 68 heavy (non-hydrogen) atoms. The molecule has 1 heterocycles. The molecule has 11 aromatic carbocycles. The number of para-hydroxylation sites is 2. The third kappa shape index (κ3) is 7.78. The first-order chi connectivity index (χ1) is 33.7. The van der Waals surface area contributed by atoms with Crippen LogP contribution in [0.25, 0.3) is 55.3 Å². The number of hydrogen-bond acceptors (Lipinski definition) is 3. The second kappa shape index (κ2) is 17.8. The van der Waals surface area contributed by atoms with Gasteiger partial charge in [0.05, 0.1) is 0 Å². The van der Waals surface area contributed by atoms with Crippen LogP contribution < -0.4 is 26.0 Å². The van der Waals surface area contributed by atoms with Gasteiger partial charge in [-0.2, -0.15) is 0 Å². The minimum Gasteiger partial charge on any atom is -0.355 e. The van der Waals surface area contributed by atoms with Crippen molar-refractivity contribution in [2.24, 2.45) is 0 Å². The van der Waals surface area contributed by atoms with Crippen LogP contribution in [0.1, 0.15) is 0 Å². The van der Waals surface area contributed by atoms with Gasteiger partial charge in [-0.15, -0.1) is 0 Å². The lowest BCUT2D eigenvalue weighted by Gasteiger charge is -2.36. The Morgan fingerprint density at radius 2 is 0.868 bits per heavy atom. The Balaban J connectivity index is 1.09. The normalized spacial score (nSPS) is 11.6. The molecule has 1 aliphatic heterocycles. The topological polar surface area (TPSA) is 18.5 Å². The van der Waals surface area contributed by atoms with Crippen molar-refractivity contribution in [3.63, 3.8) is 0 Å². The Bertz CT molecular complexity index is 3490. The molecule has 12 rings (SSSR count). The zero-order valence-corrected chi connectivity index (χ0v) is 37.4. The summed E-state index contributed by atoms with van der Waals surface area (Å²) in [5.41, 5.74) is 20.3. The highest BCUT2D eigenvalue weighted by Gasteiger charge is 2.31. The number of benzene rings is 11. The molecule has 11 aromatic rings. The van der Waals surface area contributed by atoms with Gasteiger partial charge in [-0.1, -0.05) is 194 Å². The molecule has 3 nitrogen and oxygen atoms in total. The molecule has 0 amide bonds. The lowest BCUT2D eigenvalue weighted by atomic mass is 9.57. The summed E-state index contributed by atoms with van der Waals surface area (Å²) < 4.78 is 0. The summed E-state index contributed by atoms with van der Waals surface area (Å²) in [5.74, 6) is 0. The van der Waals surface area contributed by atoms with E-state index in [1.54, 1.807) is 0 Å². The van der Waals surface area contributed by atoms with Crippen molar-refractivity contribution >= 4 is 74.5 Å². The average molecular weight is 867 g/mol. The smallest absolute Gasteiger partial charge is 0.197 e. The second-order valence-electron chi connectivity index (χ2n) is 17.2. The van der Waals surface area contributed by atoms with Gasteiger partial charge in [0.15, 0.2) is 7.28 Å². The third-order valence-electron chi connectivity index (χ3n) is 13.0. The van der Waals surface area contributed by atoms with E-state index in [2.05, 4.69) is 289 Å². The highest BCUT2D eigenvalue weighted by Crippen LogP contribution is 2.46. The lowest BCUT2D eigenvalue weighted by molar-refractivity contribution is 1.28. The maximum absolute atomic E-state index is 3.92. The number of rotatable bonds is 10. The Morgan fingerprint density at radius 1 is 0.368 bits per heavy atom. The van der Waals surface area contributed by atoms with Crippen molar-refractivity contribution in [2.75, 3.05) is 15.1 Å². The molecule has 1 aliphatic rings. The van der Waals surface area contributed by atoms with Crippen molar-refractivity contribution < 1.29 is 0 Å². The first kappa shape index (κ1) is 40.6. The van der Waals surface area contributed by atoms with Gasteiger partial charge in [0.25, 0.3) is 0 Å². The minimum absolute atomic E-state index is 1.01. The monoisotopic (exact) mass is 866 g/mol. The fraction of sp³-hybridized carbons (Fsp3) is 0. The number of nitrogens with zero attached hydrogens (tertiary/aromatic N) is 2. The largest absolute Gasteiger partial charge is 0.355 e. The summed E-state index contributed by atoms with van der Waals surface area (Å²) >= 11 is 0. The Morgan fingerprint density at radius 3 is 1.47 bits per heavy atom. The summed E-state index contributed by atoms with van der Waals surface area (Å²) in [6.45, 7) is 0. The molecule has 0 fully saturated rings. The van der Waals surface area contributed by atoms with Crippen LogP contribution in [-0.2, 0) is 0 Å². The van der Waals surface area contributed by atoms with Crippen LogP contribution in [0.5, 0.6) is 0 Å². The standard InChI is InChI=1S/C64H45BN3/c1-6-18-45(19-7-1)48-30-35-52(36-31-48)66-61-40-39-56(67(53-25-12-4-13-26-53)54-27-14-5-15-28-54)44-58(61)59-42-51-24-16-17-29-57(51)64-63(59)65-60-43-50(47-22-10-3-11-23-47)34-41-62(60)68(64)55-37-32-49(33-38-55)46-20-8-2-9-21-46/h1-44,66H. The third-order valence-corrected chi connectivity index (χ3v) is 13.0. The molecule has 0 aromatic heterocycles. The molecule has 0 atom stereocenters. The number of fused-ring (bicyclic) bond motifs is 4. The SMILES string of the molecule is [B]1c2cc(-c3ccccc3)ccc2N(c2ccc(-c3ccccc3)cc2)c2c1c(-c1cc(N(c3ccccc3)c3ccccc3)ccc1Nc1ccc(-c3ccccc3)cc1)cc1ccccc21. The van der Waals surface area contributed by atoms with Gasteiger partial charge < -0.3 is 15.1 Å². The Labute approximate surface area is 399 Å². The quantitative estimate of drug-likeness (QED) is 0.138. The van der Waals surface area contributed by atoms with E-state index in [-0.39, 0.29) is 0 Å². The molecule has 1 radical (unpaired) electrons. The van der Waals surface area contributed by atoms with Crippen LogP contribution in [0, 0.1) is 0 Å². The van der Waals surface area contributed by atoms with E-state index >= 15 is 0 Å². The van der Waals surface area contributed by atoms with E-state index in [1.165, 1.54) is 38.8 Å². The molecule has 4 heteroatoms. The summed E-state index contributed by atoms with van der Waals surface area (Å²) in [4.78, 5) is 4.83. The second-order valence-corrected chi connectivity index (χ2v) is 17.2. The Hall–Kier alpha value is -8.86. The zero-order valence-electron chi connectivity index (χ0n) is 37.4. The molecule has 0 bridgehead atoms. The first-order valence-electron chi connectivity index (χ1n) is 23.2. The molecular weight excluding hydrogens is 822 g/mol. The average Bonchev–Trinajstić information content (AvgIpc) is 3.42. The van der Waals surface area contributed by atoms with Gasteiger partial charge in [0.2, 0.25) is 0 Å². The van der Waals surface area contributed by atoms with E-state index in [0.29, 0.717) is 0 Å². The fourth-order valence-corrected chi connectivity index (χ4v) is 9.75. The van der Waals surface area contributed by atoms with Crippen molar-refractivity contribution in [3.8, 4) is 44.5 Å². The number of anilines is 8. The van der Waals surface area contributed by atoms with Gasteiger partial charge in [-0.05, 0) is 129 Å². The van der Waals surface area contributed by atoms with Crippen molar-refractivity contribution in [3.05, 3.63) is 267 Å². The van der Waals surface area contributed by atoms with Crippen LogP contribution in [0.15, 0.2) is 267 Å². The maximum atomic E-state index is 3.92. The van der Waals surface area contributed by atoms with Crippen LogP contribution in [0.2, 0.25) is 0 Å². The maximum Gasteiger partial charge on any atom is 0.197 e. The van der Waals surface area contributed by atoms with Gasteiger partial charge in [-0.3, -0.25) is 0 Å². The zero-order chi connectivity index (χ0) is 45.2. The molecule has 0 unspecified atom stereocenters. The summed E-state index contributed by atoms with van der Waals surface area (Å²) in [6.07, 6.45) is 0. The predicted octanol–water partition coefficient (Wildman–Crippen LogP) is 16.2. The lowest BCUT2D eigenvalue weighted by Crippen LogP contribution is -2.41. The molecular formula is C64H45BN3. The molecule has 319 valence electrons. The van der Waals surface area contributed by atoms with Crippen LogP contribution in [-0.4, -0.2) is 7.28 Å². The molecule has 0 spiro atoms. The van der Waals surface area contributed by atoms with Gasteiger partial charge in [0.1, 0.15) is 0 Å². The minimum atomic E-state index is 1.01. The van der Waals surface area contributed by atoms with Gasteiger partial charge in [0, 0.05) is 56.4 Å². The summed E-state index contributed by atoms with van der Waals surface area (Å²) in [5, 5.41) is 6.27. The van der Waals surface area contributed by atoms with Gasteiger partial charge >= 0.3 is 0 Å². The highest BCUT2D eigenvalue weighted by atomic mass is 15.2. The van der Waals surface area contributed by atoms with E-state index in [4.69, 9.17) is 0 Å². The van der Waals surface area contributed by atoms with E-state index in [0.717, 1.165) is 72.9 Å². The van der Waals surface area contributed by atoms with E-state index in [1.807, 2.05) is 0 Å². The fourth-order valence-electron chi connectivity index (χ4n) is 9.75. The summed E-state index contributed by atoms with van der Waals surface area (Å²) in [6, 6.07) is 96.0. The molecule has 1 N–H and O–H groups in total. The summed E-state index contributed by atoms with van der Waals surface area (Å²) in [7, 11) is 2.42. The number of nitrogens with one attached hydrogen (secondary N) is 1.